The van der Waals surface area contributed by atoms with Gasteiger partial charge in [-0.1, -0.05) is 17.7 Å². The van der Waals surface area contributed by atoms with E-state index in [1.54, 1.807) is 0 Å². The molecule has 5 heteroatoms. The molecule has 1 rings (SSSR count). The molecule has 5 nitrogen and oxygen atoms in total. The first-order valence-corrected chi connectivity index (χ1v) is 5.78. The molecule has 0 aliphatic carbocycles. The van der Waals surface area contributed by atoms with Gasteiger partial charge in [0.2, 0.25) is 0 Å². The number of carbonyl (C=O) groups excluding carboxylic acids is 1. The number of benzene rings is 1. The highest BCUT2D eigenvalue weighted by molar-refractivity contribution is 5.77. The highest BCUT2D eigenvalue weighted by atomic mass is 16.5. The Morgan fingerprint density at radius 1 is 1.33 bits per heavy atom. The molecule has 0 spiro atoms. The lowest BCUT2D eigenvalue weighted by Gasteiger charge is -2.14. The average molecular weight is 253 g/mol. The zero-order valence-corrected chi connectivity index (χ0v) is 10.6. The largest absolute Gasteiger partial charge is 0.484 e. The summed E-state index contributed by atoms with van der Waals surface area (Å²) in [4.78, 5) is 11.5. The minimum absolute atomic E-state index is 0.138. The van der Waals surface area contributed by atoms with Crippen molar-refractivity contribution in [1.29, 1.82) is 0 Å². The van der Waals surface area contributed by atoms with Gasteiger partial charge in [-0.2, -0.15) is 0 Å². The van der Waals surface area contributed by atoms with Gasteiger partial charge in [0.25, 0.3) is 5.91 Å². The van der Waals surface area contributed by atoms with Gasteiger partial charge in [0.1, 0.15) is 5.75 Å². The summed E-state index contributed by atoms with van der Waals surface area (Å²) in [5.41, 5.74) is 2.09. The molecule has 0 radical (unpaired) electrons. The van der Waals surface area contributed by atoms with E-state index in [1.807, 2.05) is 32.0 Å². The number of aryl methyl sites for hydroxylation is 2. The molecule has 0 saturated carbocycles. The summed E-state index contributed by atoms with van der Waals surface area (Å²) in [6.45, 7) is 3.15. The second kappa shape index (κ2) is 6.98. The van der Waals surface area contributed by atoms with Crippen molar-refractivity contribution < 1.29 is 19.7 Å². The number of hydrogen-bond donors (Lipinski definition) is 3. The van der Waals surface area contributed by atoms with Gasteiger partial charge < -0.3 is 20.3 Å². The molecule has 1 aromatic carbocycles. The molecule has 1 amide bonds. The highest BCUT2D eigenvalue weighted by Crippen LogP contribution is 2.18. The van der Waals surface area contributed by atoms with Gasteiger partial charge in [-0.25, -0.2) is 0 Å². The van der Waals surface area contributed by atoms with E-state index >= 15 is 0 Å². The van der Waals surface area contributed by atoms with Crippen LogP contribution in [0.25, 0.3) is 0 Å². The molecule has 0 fully saturated rings. The molecule has 3 N–H and O–H groups in total. The topological polar surface area (TPSA) is 78.8 Å². The van der Waals surface area contributed by atoms with Crippen LogP contribution in [0, 0.1) is 13.8 Å². The average Bonchev–Trinajstić information content (AvgIpc) is 2.35. The number of nitrogens with one attached hydrogen (secondary N) is 1. The summed E-state index contributed by atoms with van der Waals surface area (Å²) in [7, 11) is 0. The minimum atomic E-state index is -0.639. The van der Waals surface area contributed by atoms with Crippen molar-refractivity contribution in [2.45, 2.75) is 19.9 Å². The fourth-order valence-electron chi connectivity index (χ4n) is 1.52. The molecule has 0 bridgehead atoms. The highest BCUT2D eigenvalue weighted by Gasteiger charge is 2.10. The Morgan fingerprint density at radius 2 is 2.00 bits per heavy atom. The number of aliphatic hydroxyl groups is 2. The van der Waals surface area contributed by atoms with Gasteiger partial charge >= 0.3 is 0 Å². The van der Waals surface area contributed by atoms with E-state index in [1.165, 1.54) is 0 Å². The van der Waals surface area contributed by atoms with E-state index in [-0.39, 0.29) is 25.7 Å². The number of aliphatic hydroxyl groups excluding tert-OH is 2. The predicted octanol–water partition coefficient (Wildman–Crippen LogP) is 0.152. The summed E-state index contributed by atoms with van der Waals surface area (Å²) >= 11 is 0. The zero-order chi connectivity index (χ0) is 13.5. The molecule has 0 unspecified atom stereocenters. The third-order valence-corrected chi connectivity index (χ3v) is 2.50. The van der Waals surface area contributed by atoms with Gasteiger partial charge in [0, 0.05) is 0 Å². The van der Waals surface area contributed by atoms with E-state index in [0.717, 1.165) is 11.1 Å². The van der Waals surface area contributed by atoms with E-state index < -0.39 is 6.04 Å². The number of carbonyl (C=O) groups is 1. The lowest BCUT2D eigenvalue weighted by atomic mass is 10.1. The quantitative estimate of drug-likeness (QED) is 0.674. The standard InChI is InChI=1S/C13H19NO4/c1-9-3-4-12(10(2)5-9)18-8-13(17)14-11(6-15)7-16/h3-5,11,15-16H,6-8H2,1-2H3,(H,14,17). The molecule has 0 aliphatic heterocycles. The predicted molar refractivity (Wildman–Crippen MR) is 67.5 cm³/mol. The van der Waals surface area contributed by atoms with Crippen molar-refractivity contribution in [1.82, 2.24) is 5.32 Å². The first kappa shape index (κ1) is 14.5. The lowest BCUT2D eigenvalue weighted by Crippen LogP contribution is -2.42. The Labute approximate surface area is 106 Å². The fraction of sp³-hybridized carbons (Fsp3) is 0.462. The maximum absolute atomic E-state index is 11.5. The summed E-state index contributed by atoms with van der Waals surface area (Å²) in [6, 6.07) is 5.05. The third-order valence-electron chi connectivity index (χ3n) is 2.50. The van der Waals surface area contributed by atoms with Crippen molar-refractivity contribution >= 4 is 5.91 Å². The summed E-state index contributed by atoms with van der Waals surface area (Å²) in [6.07, 6.45) is 0. The van der Waals surface area contributed by atoms with Crippen molar-refractivity contribution in [3.05, 3.63) is 29.3 Å². The van der Waals surface area contributed by atoms with Crippen LogP contribution in [0.1, 0.15) is 11.1 Å². The molecular formula is C13H19NO4. The van der Waals surface area contributed by atoms with Gasteiger partial charge in [-0.3, -0.25) is 4.79 Å². The molecule has 18 heavy (non-hydrogen) atoms. The Hall–Kier alpha value is -1.59. The molecule has 0 aliphatic rings. The van der Waals surface area contributed by atoms with Crippen molar-refractivity contribution in [3.8, 4) is 5.75 Å². The van der Waals surface area contributed by atoms with Gasteiger partial charge in [0.05, 0.1) is 19.3 Å². The SMILES string of the molecule is Cc1ccc(OCC(=O)NC(CO)CO)c(C)c1. The fourth-order valence-corrected chi connectivity index (χ4v) is 1.52. The number of hydrogen-bond acceptors (Lipinski definition) is 4. The van der Waals surface area contributed by atoms with Crippen LogP contribution in [0.4, 0.5) is 0 Å². The maximum Gasteiger partial charge on any atom is 0.258 e. The van der Waals surface area contributed by atoms with Crippen LogP contribution in [0.15, 0.2) is 18.2 Å². The first-order valence-electron chi connectivity index (χ1n) is 5.78. The van der Waals surface area contributed by atoms with E-state index in [9.17, 15) is 4.79 Å². The second-order valence-corrected chi connectivity index (χ2v) is 4.19. The molecule has 0 saturated heterocycles. The number of rotatable bonds is 6. The minimum Gasteiger partial charge on any atom is -0.484 e. The van der Waals surface area contributed by atoms with Crippen molar-refractivity contribution in [2.75, 3.05) is 19.8 Å². The zero-order valence-electron chi connectivity index (χ0n) is 10.6. The van der Waals surface area contributed by atoms with E-state index in [4.69, 9.17) is 14.9 Å². The Kier molecular flexibility index (Phi) is 5.61. The van der Waals surface area contributed by atoms with Crippen LogP contribution in [-0.4, -0.2) is 42.0 Å². The summed E-state index contributed by atoms with van der Waals surface area (Å²) in [5.74, 6) is 0.281. The first-order chi connectivity index (χ1) is 8.56. The summed E-state index contributed by atoms with van der Waals surface area (Å²) in [5, 5.41) is 20.1. The van der Waals surface area contributed by atoms with Crippen molar-refractivity contribution in [2.24, 2.45) is 0 Å². The Bertz CT molecular complexity index is 402. The molecule has 0 heterocycles. The number of amides is 1. The van der Waals surface area contributed by atoms with Crippen LogP contribution in [0.2, 0.25) is 0 Å². The maximum atomic E-state index is 11.5. The van der Waals surface area contributed by atoms with Crippen molar-refractivity contribution in [3.63, 3.8) is 0 Å². The van der Waals surface area contributed by atoms with Crippen LogP contribution < -0.4 is 10.1 Å². The number of ether oxygens (including phenoxy) is 1. The molecule has 1 aromatic rings. The smallest absolute Gasteiger partial charge is 0.258 e. The van der Waals surface area contributed by atoms with E-state index in [0.29, 0.717) is 5.75 Å². The molecule has 100 valence electrons. The van der Waals surface area contributed by atoms with Gasteiger partial charge in [0.15, 0.2) is 6.61 Å². The van der Waals surface area contributed by atoms with Crippen LogP contribution in [0.3, 0.4) is 0 Å². The normalized spacial score (nSPS) is 10.5. The lowest BCUT2D eigenvalue weighted by molar-refractivity contribution is -0.124. The second-order valence-electron chi connectivity index (χ2n) is 4.19. The molecule has 0 atom stereocenters. The Balaban J connectivity index is 2.47. The molecular weight excluding hydrogens is 234 g/mol. The van der Waals surface area contributed by atoms with Crippen LogP contribution in [0.5, 0.6) is 5.75 Å². The van der Waals surface area contributed by atoms with Gasteiger partial charge in [-0.15, -0.1) is 0 Å². The van der Waals surface area contributed by atoms with Gasteiger partial charge in [-0.05, 0) is 25.5 Å². The monoisotopic (exact) mass is 253 g/mol. The Morgan fingerprint density at radius 3 is 2.56 bits per heavy atom. The summed E-state index contributed by atoms with van der Waals surface area (Å²) < 4.78 is 5.37. The van der Waals surface area contributed by atoms with E-state index in [2.05, 4.69) is 5.32 Å². The molecule has 0 aromatic heterocycles. The third kappa shape index (κ3) is 4.35. The van der Waals surface area contributed by atoms with Crippen LogP contribution >= 0.6 is 0 Å². The van der Waals surface area contributed by atoms with Crippen LogP contribution in [-0.2, 0) is 4.79 Å².